The number of nitrogens with one attached hydrogen (secondary N) is 1. The predicted molar refractivity (Wildman–Crippen MR) is 83.4 cm³/mol. The lowest BCUT2D eigenvalue weighted by atomic mass is 10.0. The maximum Gasteiger partial charge on any atom is 0.264 e. The van der Waals surface area contributed by atoms with Crippen LogP contribution in [0.25, 0.3) is 0 Å². The van der Waals surface area contributed by atoms with Crippen LogP contribution in [0.3, 0.4) is 0 Å². The summed E-state index contributed by atoms with van der Waals surface area (Å²) >= 11 is 0. The SMILES string of the molecule is COc1ccc(OC)c(C2=NOC(C(=O)NCC(C)C)C2)c1. The first-order chi connectivity index (χ1) is 10.5. The molecule has 0 bridgehead atoms. The number of benzene rings is 1. The number of hydrogen-bond acceptors (Lipinski definition) is 5. The standard InChI is InChI=1S/C16H22N2O4/c1-10(2)9-17-16(19)15-8-13(18-22-15)12-7-11(20-3)5-6-14(12)21-4/h5-7,10,15H,8-9H2,1-4H3,(H,17,19). The van der Waals surface area contributed by atoms with Crippen LogP contribution in [0.4, 0.5) is 0 Å². The van der Waals surface area contributed by atoms with Crippen molar-refractivity contribution in [1.29, 1.82) is 0 Å². The van der Waals surface area contributed by atoms with Crippen molar-refractivity contribution in [3.05, 3.63) is 23.8 Å². The van der Waals surface area contributed by atoms with Crippen LogP contribution in [0.1, 0.15) is 25.8 Å². The first-order valence-corrected chi connectivity index (χ1v) is 7.28. The number of hydrogen-bond donors (Lipinski definition) is 1. The Kier molecular flexibility index (Phi) is 5.25. The predicted octanol–water partition coefficient (Wildman–Crippen LogP) is 1.97. The van der Waals surface area contributed by atoms with Gasteiger partial charge in [-0.25, -0.2) is 0 Å². The average Bonchev–Trinajstić information content (AvgIpc) is 3.01. The minimum absolute atomic E-state index is 0.144. The summed E-state index contributed by atoms with van der Waals surface area (Å²) in [6.45, 7) is 4.70. The van der Waals surface area contributed by atoms with Crippen LogP contribution in [-0.2, 0) is 9.63 Å². The van der Waals surface area contributed by atoms with Gasteiger partial charge in [0.2, 0.25) is 6.10 Å². The highest BCUT2D eigenvalue weighted by Gasteiger charge is 2.30. The van der Waals surface area contributed by atoms with Gasteiger partial charge in [-0.3, -0.25) is 4.79 Å². The first-order valence-electron chi connectivity index (χ1n) is 7.28. The molecule has 22 heavy (non-hydrogen) atoms. The van der Waals surface area contributed by atoms with E-state index >= 15 is 0 Å². The van der Waals surface area contributed by atoms with E-state index in [2.05, 4.69) is 10.5 Å². The molecule has 1 unspecified atom stereocenters. The topological polar surface area (TPSA) is 69.1 Å². The molecule has 6 nitrogen and oxygen atoms in total. The molecule has 1 amide bonds. The maximum absolute atomic E-state index is 12.0. The van der Waals surface area contributed by atoms with E-state index in [0.29, 0.717) is 36.1 Å². The van der Waals surface area contributed by atoms with Gasteiger partial charge in [0.05, 0.1) is 19.9 Å². The average molecular weight is 306 g/mol. The number of amides is 1. The van der Waals surface area contributed by atoms with Crippen LogP contribution >= 0.6 is 0 Å². The van der Waals surface area contributed by atoms with Gasteiger partial charge >= 0.3 is 0 Å². The van der Waals surface area contributed by atoms with Crippen molar-refractivity contribution >= 4 is 11.6 Å². The molecule has 0 spiro atoms. The maximum atomic E-state index is 12.0. The van der Waals surface area contributed by atoms with E-state index in [4.69, 9.17) is 14.3 Å². The molecule has 1 aromatic carbocycles. The molecular weight excluding hydrogens is 284 g/mol. The summed E-state index contributed by atoms with van der Waals surface area (Å²) < 4.78 is 10.6. The highest BCUT2D eigenvalue weighted by molar-refractivity contribution is 6.06. The lowest BCUT2D eigenvalue weighted by molar-refractivity contribution is -0.131. The second kappa shape index (κ2) is 7.15. The molecule has 0 fully saturated rings. The molecule has 0 aliphatic carbocycles. The van der Waals surface area contributed by atoms with E-state index in [1.165, 1.54) is 0 Å². The van der Waals surface area contributed by atoms with Crippen molar-refractivity contribution in [2.45, 2.75) is 26.4 Å². The van der Waals surface area contributed by atoms with Gasteiger partial charge in [-0.2, -0.15) is 0 Å². The largest absolute Gasteiger partial charge is 0.497 e. The second-order valence-electron chi connectivity index (χ2n) is 5.54. The summed E-state index contributed by atoms with van der Waals surface area (Å²) in [4.78, 5) is 17.3. The van der Waals surface area contributed by atoms with E-state index in [9.17, 15) is 4.79 Å². The van der Waals surface area contributed by atoms with Crippen molar-refractivity contribution in [1.82, 2.24) is 5.32 Å². The number of ether oxygens (including phenoxy) is 2. The minimum atomic E-state index is -0.593. The van der Waals surface area contributed by atoms with E-state index in [-0.39, 0.29) is 5.91 Å². The summed E-state index contributed by atoms with van der Waals surface area (Å²) in [5.41, 5.74) is 1.46. The highest BCUT2D eigenvalue weighted by Crippen LogP contribution is 2.28. The molecule has 6 heteroatoms. The molecule has 0 radical (unpaired) electrons. The van der Waals surface area contributed by atoms with Gasteiger partial charge in [0.25, 0.3) is 5.91 Å². The molecule has 1 aliphatic rings. The fraction of sp³-hybridized carbons (Fsp3) is 0.500. The molecule has 0 saturated heterocycles. The van der Waals surface area contributed by atoms with Crippen LogP contribution < -0.4 is 14.8 Å². The summed E-state index contributed by atoms with van der Waals surface area (Å²) in [7, 11) is 3.19. The lowest BCUT2D eigenvalue weighted by Gasteiger charge is -2.11. The molecule has 1 aromatic rings. The molecule has 120 valence electrons. The number of methoxy groups -OCH3 is 2. The molecule has 0 saturated carbocycles. The Balaban J connectivity index is 2.08. The molecule has 1 atom stereocenters. The first kappa shape index (κ1) is 16.1. The summed E-state index contributed by atoms with van der Waals surface area (Å²) in [6, 6.07) is 5.45. The third-order valence-electron chi connectivity index (χ3n) is 3.36. The van der Waals surface area contributed by atoms with E-state index < -0.39 is 6.10 Å². The van der Waals surface area contributed by atoms with Crippen molar-refractivity contribution in [3.8, 4) is 11.5 Å². The van der Waals surface area contributed by atoms with Gasteiger partial charge in [0.15, 0.2) is 0 Å². The minimum Gasteiger partial charge on any atom is -0.497 e. The van der Waals surface area contributed by atoms with Crippen molar-refractivity contribution in [2.24, 2.45) is 11.1 Å². The number of carbonyl (C=O) groups is 1. The summed E-state index contributed by atoms with van der Waals surface area (Å²) in [5, 5.41) is 6.89. The smallest absolute Gasteiger partial charge is 0.264 e. The van der Waals surface area contributed by atoms with Gasteiger partial charge in [-0.05, 0) is 24.1 Å². The molecule has 1 aliphatic heterocycles. The number of oxime groups is 1. The normalized spacial score (nSPS) is 17.0. The Labute approximate surface area is 130 Å². The van der Waals surface area contributed by atoms with Crippen molar-refractivity contribution in [3.63, 3.8) is 0 Å². The van der Waals surface area contributed by atoms with Gasteiger partial charge in [-0.1, -0.05) is 19.0 Å². The van der Waals surface area contributed by atoms with Gasteiger partial charge in [-0.15, -0.1) is 0 Å². The van der Waals surface area contributed by atoms with Crippen LogP contribution in [0, 0.1) is 5.92 Å². The van der Waals surface area contributed by atoms with Gasteiger partial charge in [0.1, 0.15) is 11.5 Å². The molecule has 1 N–H and O–H groups in total. The third-order valence-corrected chi connectivity index (χ3v) is 3.36. The zero-order valence-corrected chi connectivity index (χ0v) is 13.4. The van der Waals surface area contributed by atoms with E-state index in [1.54, 1.807) is 14.2 Å². The third kappa shape index (κ3) is 3.69. The summed E-state index contributed by atoms with van der Waals surface area (Å²) in [6.07, 6.45) is -0.183. The van der Waals surface area contributed by atoms with Crippen LogP contribution in [0.5, 0.6) is 11.5 Å². The zero-order valence-electron chi connectivity index (χ0n) is 13.4. The Bertz CT molecular complexity index is 569. The Morgan fingerprint density at radius 3 is 2.82 bits per heavy atom. The summed E-state index contributed by atoms with van der Waals surface area (Å²) in [5.74, 6) is 1.62. The van der Waals surface area contributed by atoms with Crippen LogP contribution in [0.15, 0.2) is 23.4 Å². The van der Waals surface area contributed by atoms with E-state index in [0.717, 1.165) is 5.56 Å². The van der Waals surface area contributed by atoms with E-state index in [1.807, 2.05) is 32.0 Å². The fourth-order valence-electron chi connectivity index (χ4n) is 2.14. The second-order valence-corrected chi connectivity index (χ2v) is 5.54. The number of nitrogens with zero attached hydrogens (tertiary/aromatic N) is 1. The Hall–Kier alpha value is -2.24. The Morgan fingerprint density at radius 2 is 2.18 bits per heavy atom. The highest BCUT2D eigenvalue weighted by atomic mass is 16.6. The molecule has 1 heterocycles. The quantitative estimate of drug-likeness (QED) is 0.872. The molecule has 2 rings (SSSR count). The molecular formula is C16H22N2O4. The lowest BCUT2D eigenvalue weighted by Crippen LogP contribution is -2.36. The van der Waals surface area contributed by atoms with Gasteiger partial charge < -0.3 is 19.6 Å². The van der Waals surface area contributed by atoms with Crippen LogP contribution in [0.2, 0.25) is 0 Å². The van der Waals surface area contributed by atoms with Crippen LogP contribution in [-0.4, -0.2) is 38.5 Å². The zero-order chi connectivity index (χ0) is 16.1. The van der Waals surface area contributed by atoms with Crippen molar-refractivity contribution in [2.75, 3.05) is 20.8 Å². The van der Waals surface area contributed by atoms with Gasteiger partial charge in [0, 0.05) is 18.5 Å². The monoisotopic (exact) mass is 306 g/mol. The number of carbonyl (C=O) groups excluding carboxylic acids is 1. The Morgan fingerprint density at radius 1 is 1.41 bits per heavy atom. The fourth-order valence-corrected chi connectivity index (χ4v) is 2.14. The van der Waals surface area contributed by atoms with Crippen molar-refractivity contribution < 1.29 is 19.1 Å². The molecule has 0 aromatic heterocycles. The number of rotatable bonds is 6.